The first-order valence-electron chi connectivity index (χ1n) is 8.80. The Labute approximate surface area is 161 Å². The highest BCUT2D eigenvalue weighted by atomic mass is 35.5. The van der Waals surface area contributed by atoms with Gasteiger partial charge in [-0.1, -0.05) is 18.5 Å². The molecule has 1 unspecified atom stereocenters. The lowest BCUT2D eigenvalue weighted by molar-refractivity contribution is -0.129. The maximum Gasteiger partial charge on any atom is 0.410 e. The molecule has 3 rings (SSSR count). The van der Waals surface area contributed by atoms with Crippen LogP contribution >= 0.6 is 23.4 Å². The zero-order chi connectivity index (χ0) is 18.7. The van der Waals surface area contributed by atoms with Crippen molar-refractivity contribution in [1.82, 2.24) is 9.80 Å². The van der Waals surface area contributed by atoms with Crippen molar-refractivity contribution in [3.05, 3.63) is 29.0 Å². The summed E-state index contributed by atoms with van der Waals surface area (Å²) in [7, 11) is 0. The van der Waals surface area contributed by atoms with Crippen molar-refractivity contribution in [2.45, 2.75) is 43.2 Å². The minimum atomic E-state index is -0.390. The van der Waals surface area contributed by atoms with Crippen LogP contribution in [-0.2, 0) is 9.53 Å². The maximum atomic E-state index is 13.1. The van der Waals surface area contributed by atoms with Crippen molar-refractivity contribution in [2.24, 2.45) is 0 Å². The lowest BCUT2D eigenvalue weighted by atomic mass is 10.0. The first-order valence-corrected chi connectivity index (χ1v) is 10.2. The number of nitrogens with zero attached hydrogens (tertiary/aromatic N) is 2. The lowest BCUT2D eigenvalue weighted by Crippen LogP contribution is -2.50. The molecule has 2 fully saturated rings. The molecule has 1 aromatic carbocycles. The van der Waals surface area contributed by atoms with Gasteiger partial charge in [0.2, 0.25) is 5.91 Å². The number of halogens is 2. The van der Waals surface area contributed by atoms with Gasteiger partial charge in [-0.05, 0) is 37.5 Å². The summed E-state index contributed by atoms with van der Waals surface area (Å²) in [6.07, 6.45) is 2.17. The Balaban J connectivity index is 1.50. The van der Waals surface area contributed by atoms with Crippen molar-refractivity contribution < 1.29 is 18.7 Å². The Bertz CT molecular complexity index is 682. The van der Waals surface area contributed by atoms with Crippen molar-refractivity contribution in [3.8, 4) is 0 Å². The minimum Gasteiger partial charge on any atom is -0.447 e. The summed E-state index contributed by atoms with van der Waals surface area (Å²) in [5.74, 6) is -0.0947. The van der Waals surface area contributed by atoms with Crippen LogP contribution in [0.5, 0.6) is 0 Å². The Morgan fingerprint density at radius 2 is 2.12 bits per heavy atom. The third-order valence-electron chi connectivity index (χ3n) is 4.93. The molecule has 2 saturated heterocycles. The Hall–Kier alpha value is -1.47. The SMILES string of the molecule is CCC1COC(=O)N1C1CCN(C(=O)CSc2ccc(F)cc2Cl)CC1. The van der Waals surface area contributed by atoms with E-state index in [-0.39, 0.29) is 29.8 Å². The Morgan fingerprint density at radius 3 is 2.77 bits per heavy atom. The molecule has 0 N–H and O–H groups in total. The van der Waals surface area contributed by atoms with Crippen LogP contribution in [0.2, 0.25) is 5.02 Å². The van der Waals surface area contributed by atoms with Crippen LogP contribution in [0.15, 0.2) is 23.1 Å². The van der Waals surface area contributed by atoms with Crippen LogP contribution in [0.4, 0.5) is 9.18 Å². The van der Waals surface area contributed by atoms with Gasteiger partial charge in [0.15, 0.2) is 0 Å². The van der Waals surface area contributed by atoms with Crippen LogP contribution in [0.3, 0.4) is 0 Å². The second-order valence-electron chi connectivity index (χ2n) is 6.52. The maximum absolute atomic E-state index is 13.1. The molecule has 0 bridgehead atoms. The number of carbonyl (C=O) groups is 2. The van der Waals surface area contributed by atoms with Crippen molar-refractivity contribution >= 4 is 35.4 Å². The van der Waals surface area contributed by atoms with Gasteiger partial charge in [-0.25, -0.2) is 9.18 Å². The number of carbonyl (C=O) groups excluding carboxylic acids is 2. The van der Waals surface area contributed by atoms with Gasteiger partial charge in [-0.3, -0.25) is 9.69 Å². The molecule has 2 aliphatic heterocycles. The van der Waals surface area contributed by atoms with Crippen LogP contribution in [0, 0.1) is 5.82 Å². The summed E-state index contributed by atoms with van der Waals surface area (Å²) in [6, 6.07) is 4.46. The highest BCUT2D eigenvalue weighted by Crippen LogP contribution is 2.29. The summed E-state index contributed by atoms with van der Waals surface area (Å²) < 4.78 is 18.2. The molecule has 0 radical (unpaired) electrons. The molecule has 1 atom stereocenters. The zero-order valence-electron chi connectivity index (χ0n) is 14.6. The largest absolute Gasteiger partial charge is 0.447 e. The number of amides is 2. The fourth-order valence-corrected chi connectivity index (χ4v) is 4.60. The summed E-state index contributed by atoms with van der Waals surface area (Å²) in [4.78, 5) is 28.8. The molecule has 8 heteroatoms. The fraction of sp³-hybridized carbons (Fsp3) is 0.556. The van der Waals surface area contributed by atoms with E-state index >= 15 is 0 Å². The lowest BCUT2D eigenvalue weighted by Gasteiger charge is -2.37. The second kappa shape index (κ2) is 8.48. The number of ether oxygens (including phenoxy) is 1. The molecule has 5 nitrogen and oxygen atoms in total. The molecule has 2 amide bonds. The number of hydrogen-bond acceptors (Lipinski definition) is 4. The van der Waals surface area contributed by atoms with Crippen LogP contribution in [0.25, 0.3) is 0 Å². The Kier molecular flexibility index (Phi) is 6.29. The molecule has 0 spiro atoms. The van der Waals surface area contributed by atoms with E-state index in [1.165, 1.54) is 23.9 Å². The molecule has 1 aromatic rings. The van der Waals surface area contributed by atoms with Gasteiger partial charge < -0.3 is 9.64 Å². The molecule has 142 valence electrons. The van der Waals surface area contributed by atoms with Crippen molar-refractivity contribution in [3.63, 3.8) is 0 Å². The summed E-state index contributed by atoms with van der Waals surface area (Å²) >= 11 is 7.31. The van der Waals surface area contributed by atoms with Crippen LogP contribution in [-0.4, -0.2) is 59.3 Å². The fourth-order valence-electron chi connectivity index (χ4n) is 3.45. The number of rotatable bonds is 5. The average Bonchev–Trinajstić information content (AvgIpc) is 3.01. The highest BCUT2D eigenvalue weighted by Gasteiger charge is 2.38. The predicted octanol–water partition coefficient (Wildman–Crippen LogP) is 3.79. The van der Waals surface area contributed by atoms with Crippen LogP contribution in [0.1, 0.15) is 26.2 Å². The second-order valence-corrected chi connectivity index (χ2v) is 7.95. The molecule has 0 aliphatic carbocycles. The number of thioether (sulfide) groups is 1. The van der Waals surface area contributed by atoms with Gasteiger partial charge in [0.05, 0.1) is 16.8 Å². The summed E-state index contributed by atoms with van der Waals surface area (Å²) in [5, 5.41) is 0.319. The number of cyclic esters (lactones) is 1. The quantitative estimate of drug-likeness (QED) is 0.705. The zero-order valence-corrected chi connectivity index (χ0v) is 16.2. The van der Waals surface area contributed by atoms with Gasteiger partial charge in [0, 0.05) is 24.0 Å². The number of benzene rings is 1. The topological polar surface area (TPSA) is 49.9 Å². The highest BCUT2D eigenvalue weighted by molar-refractivity contribution is 8.00. The Morgan fingerprint density at radius 1 is 1.38 bits per heavy atom. The minimum absolute atomic E-state index is 0.0323. The van der Waals surface area contributed by atoms with E-state index in [4.69, 9.17) is 16.3 Å². The van der Waals surface area contributed by atoms with Gasteiger partial charge in [-0.15, -0.1) is 11.8 Å². The monoisotopic (exact) mass is 400 g/mol. The van der Waals surface area contributed by atoms with Gasteiger partial charge in [-0.2, -0.15) is 0 Å². The van der Waals surface area contributed by atoms with Gasteiger partial charge >= 0.3 is 6.09 Å². The van der Waals surface area contributed by atoms with E-state index in [0.29, 0.717) is 29.6 Å². The van der Waals surface area contributed by atoms with Crippen molar-refractivity contribution in [1.29, 1.82) is 0 Å². The molecular formula is C18H22ClFN2O3S. The predicted molar refractivity (Wildman–Crippen MR) is 99.0 cm³/mol. The summed E-state index contributed by atoms with van der Waals surface area (Å²) in [5.41, 5.74) is 0. The van der Waals surface area contributed by atoms with E-state index in [9.17, 15) is 14.0 Å². The van der Waals surface area contributed by atoms with E-state index in [1.807, 2.05) is 9.80 Å². The molecule has 2 heterocycles. The van der Waals surface area contributed by atoms with Crippen molar-refractivity contribution in [2.75, 3.05) is 25.4 Å². The van der Waals surface area contributed by atoms with Gasteiger partial charge in [0.1, 0.15) is 12.4 Å². The van der Waals surface area contributed by atoms with E-state index in [2.05, 4.69) is 6.92 Å². The first-order chi connectivity index (χ1) is 12.5. The van der Waals surface area contributed by atoms with Gasteiger partial charge in [0.25, 0.3) is 0 Å². The third-order valence-corrected chi connectivity index (χ3v) is 6.41. The van der Waals surface area contributed by atoms with E-state index in [0.717, 1.165) is 19.3 Å². The molecule has 0 saturated carbocycles. The smallest absolute Gasteiger partial charge is 0.410 e. The average molecular weight is 401 g/mol. The molecule has 26 heavy (non-hydrogen) atoms. The molecule has 2 aliphatic rings. The standard InChI is InChI=1S/C18H22ClFN2O3S/c1-2-13-10-25-18(24)22(13)14-5-7-21(8-6-14)17(23)11-26-16-4-3-12(20)9-15(16)19/h3-4,9,13-14H,2,5-8,10-11H2,1H3. The number of piperidine rings is 1. The number of hydrogen-bond donors (Lipinski definition) is 0. The normalized spacial score (nSPS) is 21.2. The molecule has 0 aromatic heterocycles. The van der Waals surface area contributed by atoms with E-state index < -0.39 is 5.82 Å². The summed E-state index contributed by atoms with van der Waals surface area (Å²) in [6.45, 7) is 3.77. The number of likely N-dealkylation sites (tertiary alicyclic amines) is 1. The third kappa shape index (κ3) is 4.26. The first kappa shape index (κ1) is 19.3. The van der Waals surface area contributed by atoms with Crippen LogP contribution < -0.4 is 0 Å². The molecular weight excluding hydrogens is 379 g/mol. The van der Waals surface area contributed by atoms with E-state index in [1.54, 1.807) is 6.07 Å².